The molecule has 32 heavy (non-hydrogen) atoms. The maximum Gasteiger partial charge on any atom is 0.256 e. The zero-order chi connectivity index (χ0) is 23.5. The Morgan fingerprint density at radius 1 is 1.38 bits per heavy atom. The molecule has 1 atom stereocenters. The Morgan fingerprint density at radius 3 is 2.62 bits per heavy atom. The fourth-order valence-corrected chi connectivity index (χ4v) is 6.20. The molecule has 0 saturated carbocycles. The predicted octanol–water partition coefficient (Wildman–Crippen LogP) is 2.38. The van der Waals surface area contributed by atoms with E-state index in [0.717, 1.165) is 23.4 Å². The fraction of sp³-hybridized carbons (Fsp3) is 0.500. The highest BCUT2D eigenvalue weighted by Gasteiger charge is 2.32. The van der Waals surface area contributed by atoms with E-state index in [1.54, 1.807) is 6.26 Å². The molecule has 3 heterocycles. The summed E-state index contributed by atoms with van der Waals surface area (Å²) < 4.78 is 32.6. The number of piperazine rings is 1. The van der Waals surface area contributed by atoms with Gasteiger partial charge in [0, 0.05) is 37.6 Å². The Kier molecular flexibility index (Phi) is 7.59. The minimum Gasteiger partial charge on any atom is -0.504 e. The van der Waals surface area contributed by atoms with Crippen LogP contribution in [0.4, 0.5) is 5.69 Å². The lowest BCUT2D eigenvalue weighted by Gasteiger charge is -2.32. The van der Waals surface area contributed by atoms with E-state index in [1.807, 2.05) is 26.8 Å². The van der Waals surface area contributed by atoms with Gasteiger partial charge in [-0.25, -0.2) is 13.4 Å². The summed E-state index contributed by atoms with van der Waals surface area (Å²) in [7, 11) is -3.85. The van der Waals surface area contributed by atoms with Gasteiger partial charge in [-0.2, -0.15) is 4.31 Å². The van der Waals surface area contributed by atoms with Crippen molar-refractivity contribution in [1.82, 2.24) is 14.5 Å². The van der Waals surface area contributed by atoms with E-state index in [-0.39, 0.29) is 21.8 Å². The lowest BCUT2D eigenvalue weighted by molar-refractivity contribution is 0.196. The first kappa shape index (κ1) is 24.2. The van der Waals surface area contributed by atoms with Crippen molar-refractivity contribution in [1.29, 1.82) is 0 Å². The van der Waals surface area contributed by atoms with Crippen LogP contribution < -0.4 is 11.1 Å². The van der Waals surface area contributed by atoms with Crippen molar-refractivity contribution in [2.75, 3.05) is 32.7 Å². The number of hydrogen-bond acceptors (Lipinski definition) is 7. The van der Waals surface area contributed by atoms with Crippen LogP contribution in [0.25, 0.3) is 5.41 Å². The average molecular weight is 482 g/mol. The molecule has 2 aromatic rings. The van der Waals surface area contributed by atoms with E-state index in [1.165, 1.54) is 9.69 Å². The van der Waals surface area contributed by atoms with E-state index in [4.69, 9.17) is 10.2 Å². The third-order valence-corrected chi connectivity index (χ3v) is 8.74. The Hall–Kier alpha value is -2.41. The van der Waals surface area contributed by atoms with Gasteiger partial charge in [0.2, 0.25) is 0 Å². The van der Waals surface area contributed by atoms with Crippen molar-refractivity contribution < 1.29 is 17.9 Å². The topological polar surface area (TPSA) is 147 Å². The number of hydrogen-bond donors (Lipinski definition) is 3. The second-order valence-corrected chi connectivity index (χ2v) is 10.6. The number of aliphatic imine (C=N–C) groups is 1. The van der Waals surface area contributed by atoms with Gasteiger partial charge in [-0.15, -0.1) is 11.3 Å². The number of amidine groups is 2. The van der Waals surface area contributed by atoms with E-state index in [2.05, 4.69) is 15.2 Å². The standard InChI is InChI=1S/C20H29N6O4S2/c1-4-14(16-10-13(3)11-30-16)23-18(21)19(22)24-15-12-31-20(17(15)27)32(28,29)26-8-6-25(5-2)7-9-26/h10-12,14H,4-9H2,1-3H3,(H4-,21,22,23,24,27)/q-1/t14-/m1/s1. The molecule has 10 nitrogen and oxygen atoms in total. The number of nitrogens with two attached hydrogens (primary N) is 1. The Bertz CT molecular complexity index is 1080. The summed E-state index contributed by atoms with van der Waals surface area (Å²) >= 11 is 0.873. The normalized spacial score (nSPS) is 17.4. The number of rotatable bonds is 7. The molecule has 2 aromatic heterocycles. The van der Waals surface area contributed by atoms with Gasteiger partial charge in [0.05, 0.1) is 6.26 Å². The van der Waals surface area contributed by atoms with E-state index in [0.29, 0.717) is 38.4 Å². The molecular formula is C20H29N6O4S2-. The summed E-state index contributed by atoms with van der Waals surface area (Å²) in [6.07, 6.45) is 2.23. The van der Waals surface area contributed by atoms with Gasteiger partial charge in [0.25, 0.3) is 10.0 Å². The summed E-state index contributed by atoms with van der Waals surface area (Å²) in [4.78, 5) is 6.20. The number of aromatic hydroxyl groups is 1. The quantitative estimate of drug-likeness (QED) is 0.406. The largest absolute Gasteiger partial charge is 0.504 e. The molecule has 1 saturated heterocycles. The number of aryl methyl sites for hydroxylation is 1. The molecule has 12 heteroatoms. The van der Waals surface area contributed by atoms with E-state index in [9.17, 15) is 18.9 Å². The Labute approximate surface area is 192 Å². The van der Waals surface area contributed by atoms with E-state index >= 15 is 0 Å². The van der Waals surface area contributed by atoms with Gasteiger partial charge in [-0.05, 0) is 37.4 Å². The zero-order valence-corrected chi connectivity index (χ0v) is 20.0. The smallest absolute Gasteiger partial charge is 0.256 e. The van der Waals surface area contributed by atoms with Crippen LogP contribution in [-0.2, 0) is 10.0 Å². The third-order valence-electron chi connectivity index (χ3n) is 5.36. The highest BCUT2D eigenvalue weighted by atomic mass is 32.2. The summed E-state index contributed by atoms with van der Waals surface area (Å²) in [6.45, 7) is 8.71. The van der Waals surface area contributed by atoms with Gasteiger partial charge in [-0.3, -0.25) is 0 Å². The summed E-state index contributed by atoms with van der Waals surface area (Å²) in [6, 6.07) is 1.52. The second-order valence-electron chi connectivity index (χ2n) is 7.57. The second kappa shape index (κ2) is 10.0. The van der Waals surface area contributed by atoms with Crippen molar-refractivity contribution in [3.63, 3.8) is 0 Å². The monoisotopic (exact) mass is 481 g/mol. The molecule has 0 bridgehead atoms. The van der Waals surface area contributed by atoms with Crippen LogP contribution >= 0.6 is 11.3 Å². The van der Waals surface area contributed by atoms with Crippen LogP contribution in [0.3, 0.4) is 0 Å². The molecule has 1 fully saturated rings. The highest BCUT2D eigenvalue weighted by molar-refractivity contribution is 7.91. The van der Waals surface area contributed by atoms with Crippen LogP contribution in [0, 0.1) is 6.92 Å². The van der Waals surface area contributed by atoms with Crippen LogP contribution in [0.5, 0.6) is 5.75 Å². The first-order chi connectivity index (χ1) is 15.2. The minimum absolute atomic E-state index is 0.0199. The predicted molar refractivity (Wildman–Crippen MR) is 126 cm³/mol. The average Bonchev–Trinajstić information content (AvgIpc) is 3.37. The number of sulfonamides is 1. The van der Waals surface area contributed by atoms with Crippen LogP contribution in [0.15, 0.2) is 31.3 Å². The number of likely N-dealkylation sites (N-methyl/N-ethyl adjacent to an activating group) is 1. The molecule has 176 valence electrons. The summed E-state index contributed by atoms with van der Waals surface area (Å²) in [5.74, 6) is -0.506. The third kappa shape index (κ3) is 5.14. The van der Waals surface area contributed by atoms with Gasteiger partial charge in [-0.1, -0.05) is 13.8 Å². The van der Waals surface area contributed by atoms with Gasteiger partial charge in [0.1, 0.15) is 17.3 Å². The molecule has 0 aliphatic carbocycles. The first-order valence-corrected chi connectivity index (χ1v) is 12.7. The molecule has 0 radical (unpaired) electrons. The van der Waals surface area contributed by atoms with Crippen LogP contribution in [0.2, 0.25) is 0 Å². The molecule has 0 amide bonds. The molecule has 0 unspecified atom stereocenters. The van der Waals surface area contributed by atoms with Gasteiger partial charge in [0.15, 0.2) is 9.96 Å². The molecule has 0 spiro atoms. The van der Waals surface area contributed by atoms with Crippen LogP contribution in [-0.4, -0.2) is 67.1 Å². The first-order valence-electron chi connectivity index (χ1n) is 10.4. The number of thiophene rings is 1. The molecular weight excluding hydrogens is 452 g/mol. The van der Waals surface area contributed by atoms with Crippen molar-refractivity contribution >= 4 is 38.7 Å². The molecule has 1 aliphatic heterocycles. The van der Waals surface area contributed by atoms with Crippen molar-refractivity contribution in [2.45, 2.75) is 37.4 Å². The number of furan rings is 1. The van der Waals surface area contributed by atoms with Crippen LogP contribution in [0.1, 0.15) is 37.6 Å². The lowest BCUT2D eigenvalue weighted by atomic mass is 10.1. The minimum atomic E-state index is -3.85. The number of nitrogens with one attached hydrogen (secondary N) is 1. The molecule has 4 N–H and O–H groups in total. The fourth-order valence-electron chi connectivity index (χ4n) is 3.42. The lowest BCUT2D eigenvalue weighted by Crippen LogP contribution is -2.48. The Balaban J connectivity index is 1.74. The van der Waals surface area contributed by atoms with E-state index < -0.39 is 21.6 Å². The highest BCUT2D eigenvalue weighted by Crippen LogP contribution is 2.41. The van der Waals surface area contributed by atoms with Crippen molar-refractivity contribution in [2.24, 2.45) is 10.7 Å². The van der Waals surface area contributed by atoms with Gasteiger partial charge < -0.3 is 30.9 Å². The summed E-state index contributed by atoms with van der Waals surface area (Å²) in [5, 5.41) is 25.1. The van der Waals surface area contributed by atoms with Crippen molar-refractivity contribution in [3.05, 3.63) is 34.4 Å². The number of nitrogens with zero attached hydrogens (tertiary/aromatic N) is 4. The zero-order valence-electron chi connectivity index (χ0n) is 18.4. The van der Waals surface area contributed by atoms with Gasteiger partial charge >= 0.3 is 0 Å². The Morgan fingerprint density at radius 2 is 2.06 bits per heavy atom. The molecule has 0 aromatic carbocycles. The molecule has 3 rings (SSSR count). The molecule has 1 aliphatic rings. The maximum atomic E-state index is 13.0. The van der Waals surface area contributed by atoms with Crippen molar-refractivity contribution in [3.8, 4) is 5.75 Å². The SMILES string of the molecule is CC[C@@H](NC(=[N-])C(N)=Nc1csc(S(=O)(=O)N2CCN(CC)CC2)c1O)c1cc(C)co1. The maximum absolute atomic E-state index is 13.0. The summed E-state index contributed by atoms with van der Waals surface area (Å²) in [5.41, 5.74) is 6.83.